The van der Waals surface area contributed by atoms with Crippen LogP contribution in [0.4, 0.5) is 5.69 Å². The van der Waals surface area contributed by atoms with Crippen LogP contribution < -0.4 is 24.3 Å². The number of nitrogens with one attached hydrogen (secondary N) is 1. The van der Waals surface area contributed by atoms with Gasteiger partial charge in [-0.3, -0.25) is 24.4 Å². The van der Waals surface area contributed by atoms with Crippen molar-refractivity contribution in [3.05, 3.63) is 96.1 Å². The number of carboxylic acids is 1. The Kier molecular flexibility index (Phi) is 13.2. The van der Waals surface area contributed by atoms with Crippen molar-refractivity contribution in [2.45, 2.75) is 42.0 Å². The lowest BCUT2D eigenvalue weighted by Gasteiger charge is -2.18. The fraction of sp³-hybridized carbons (Fsp3) is 0.250. The number of amides is 1. The zero-order valence-corrected chi connectivity index (χ0v) is 30.0. The summed E-state index contributed by atoms with van der Waals surface area (Å²) in [6.07, 6.45) is 5.81. The van der Waals surface area contributed by atoms with Crippen LogP contribution in [0.5, 0.6) is 23.0 Å². The topological polar surface area (TPSA) is 202 Å². The molecule has 7 rings (SSSR count). The van der Waals surface area contributed by atoms with Gasteiger partial charge in [-0.1, -0.05) is 28.2 Å². The van der Waals surface area contributed by atoms with Gasteiger partial charge in [0.15, 0.2) is 28.8 Å². The number of ether oxygens (including phenoxy) is 5. The summed E-state index contributed by atoms with van der Waals surface area (Å²) in [5.74, 6) is -0.337. The number of benzene rings is 2. The van der Waals surface area contributed by atoms with Gasteiger partial charge in [-0.15, -0.1) is 0 Å². The van der Waals surface area contributed by atoms with E-state index < -0.39 is 23.1 Å². The molecular weight excluding hydrogens is 712 g/mol. The van der Waals surface area contributed by atoms with Crippen molar-refractivity contribution in [3.63, 3.8) is 0 Å². The third kappa shape index (κ3) is 9.95. The van der Waals surface area contributed by atoms with Gasteiger partial charge in [0, 0.05) is 34.3 Å². The van der Waals surface area contributed by atoms with E-state index in [4.69, 9.17) is 18.9 Å². The number of carboxylic acid groups (broad SMARTS) is 1. The molecule has 286 valence electrons. The zero-order valence-electron chi connectivity index (χ0n) is 30.0. The van der Waals surface area contributed by atoms with Crippen molar-refractivity contribution < 1.29 is 52.8 Å². The lowest BCUT2D eigenvalue weighted by Crippen LogP contribution is -2.29. The quantitative estimate of drug-likeness (QED) is 0.0999. The SMILES string of the molecule is C.CC(=O)c1ccc2c(c1)OCO2.CCOC(=O)C(=O)c1ccncc1NC(=O)C(C)(C)C.O=C(O)c1cc(-c2ccc3c(c2)OCO3)nc2cnccc12. The average molecular weight is 753 g/mol. The minimum atomic E-state index is -0.999. The van der Waals surface area contributed by atoms with Gasteiger partial charge in [0.25, 0.3) is 5.78 Å². The van der Waals surface area contributed by atoms with E-state index in [1.807, 2.05) is 6.07 Å². The van der Waals surface area contributed by atoms with Crippen LogP contribution in [-0.2, 0) is 14.3 Å². The highest BCUT2D eigenvalue weighted by atomic mass is 16.7. The number of carbonyl (C=O) groups excluding carboxylic acids is 4. The maximum Gasteiger partial charge on any atom is 0.379 e. The van der Waals surface area contributed by atoms with Crippen molar-refractivity contribution in [3.8, 4) is 34.3 Å². The summed E-state index contributed by atoms with van der Waals surface area (Å²) in [5.41, 5.74) is 2.34. The molecule has 0 fully saturated rings. The van der Waals surface area contributed by atoms with Gasteiger partial charge in [-0.25, -0.2) is 14.6 Å². The maximum atomic E-state index is 11.9. The third-order valence-corrected chi connectivity index (χ3v) is 7.75. The lowest BCUT2D eigenvalue weighted by molar-refractivity contribution is -0.137. The van der Waals surface area contributed by atoms with Crippen LogP contribution in [0.1, 0.15) is 73.1 Å². The van der Waals surface area contributed by atoms with Crippen LogP contribution in [0, 0.1) is 5.41 Å². The van der Waals surface area contributed by atoms with Crippen LogP contribution in [0.3, 0.4) is 0 Å². The summed E-state index contributed by atoms with van der Waals surface area (Å²) >= 11 is 0. The molecule has 0 radical (unpaired) electrons. The van der Waals surface area contributed by atoms with Crippen LogP contribution >= 0.6 is 0 Å². The molecular formula is C40H40N4O11. The summed E-state index contributed by atoms with van der Waals surface area (Å²) in [5, 5.41) is 12.6. The summed E-state index contributed by atoms with van der Waals surface area (Å²) in [6, 6.07) is 15.2. The average Bonchev–Trinajstić information content (AvgIpc) is 3.84. The number of ketones is 2. The number of hydrogen-bond donors (Lipinski definition) is 2. The predicted octanol–water partition coefficient (Wildman–Crippen LogP) is 6.79. The fourth-order valence-electron chi connectivity index (χ4n) is 4.88. The number of nitrogens with zero attached hydrogens (tertiary/aromatic N) is 3. The van der Waals surface area contributed by atoms with E-state index >= 15 is 0 Å². The van der Waals surface area contributed by atoms with E-state index in [2.05, 4.69) is 25.0 Å². The molecule has 2 aliphatic rings. The second kappa shape index (κ2) is 17.7. The number of Topliss-reactive ketones (excluding diaryl/α,β-unsaturated/α-hetero) is 2. The molecule has 0 bridgehead atoms. The number of pyridine rings is 3. The third-order valence-electron chi connectivity index (χ3n) is 7.75. The van der Waals surface area contributed by atoms with Crippen LogP contribution in [0.2, 0.25) is 0 Å². The number of esters is 1. The molecule has 0 atom stereocenters. The van der Waals surface area contributed by atoms with Gasteiger partial charge in [0.1, 0.15) is 0 Å². The molecule has 0 saturated carbocycles. The molecule has 5 heterocycles. The Hall–Kier alpha value is -6.90. The van der Waals surface area contributed by atoms with E-state index in [-0.39, 0.29) is 56.1 Å². The molecule has 0 aliphatic carbocycles. The standard InChI is InChI=1S/C16H10N2O4.C14H18N2O4.C9H8O3.CH4/c19-16(20)11-6-12(18-13-7-17-4-3-10(11)13)9-1-2-14-15(5-9)22-8-21-14;1-5-20-12(18)11(17)9-6-7-15-8-10(9)16-13(19)14(2,3)4;1-6(10)7-2-3-8-9(4-7)12-5-11-8;/h1-7H,8H2,(H,19,20);6-8H,5H2,1-4H3,(H,16,19);2-4H,5H2,1H3;1H4. The molecule has 1 amide bonds. The number of aromatic nitrogens is 3. The highest BCUT2D eigenvalue weighted by molar-refractivity contribution is 6.42. The van der Waals surface area contributed by atoms with E-state index in [1.165, 1.54) is 25.4 Å². The Morgan fingerprint density at radius 1 is 0.800 bits per heavy atom. The van der Waals surface area contributed by atoms with Gasteiger partial charge < -0.3 is 34.1 Å². The molecule has 3 aromatic heterocycles. The fourth-order valence-corrected chi connectivity index (χ4v) is 4.88. The Morgan fingerprint density at radius 2 is 1.42 bits per heavy atom. The van der Waals surface area contributed by atoms with Crippen molar-refractivity contribution in [2.24, 2.45) is 5.41 Å². The first-order valence-electron chi connectivity index (χ1n) is 16.5. The largest absolute Gasteiger partial charge is 0.478 e. The molecule has 2 aromatic carbocycles. The lowest BCUT2D eigenvalue weighted by atomic mass is 9.95. The summed E-state index contributed by atoms with van der Waals surface area (Å²) < 4.78 is 25.5. The first kappa shape index (κ1) is 40.9. The molecule has 15 heteroatoms. The molecule has 2 N–H and O–H groups in total. The number of aromatic carboxylic acids is 1. The molecule has 5 aromatic rings. The van der Waals surface area contributed by atoms with Crippen LogP contribution in [0.25, 0.3) is 22.2 Å². The second-order valence-electron chi connectivity index (χ2n) is 12.6. The van der Waals surface area contributed by atoms with Crippen molar-refractivity contribution in [1.82, 2.24) is 15.0 Å². The molecule has 15 nitrogen and oxygen atoms in total. The Morgan fingerprint density at radius 3 is 2.05 bits per heavy atom. The van der Waals surface area contributed by atoms with Crippen LogP contribution in [0.15, 0.2) is 79.4 Å². The smallest absolute Gasteiger partial charge is 0.379 e. The van der Waals surface area contributed by atoms with Crippen molar-refractivity contribution in [2.75, 3.05) is 25.5 Å². The highest BCUT2D eigenvalue weighted by Gasteiger charge is 2.26. The van der Waals surface area contributed by atoms with Gasteiger partial charge in [-0.2, -0.15) is 0 Å². The number of fused-ring (bicyclic) bond motifs is 3. The molecule has 0 unspecified atom stereocenters. The second-order valence-corrected chi connectivity index (χ2v) is 12.6. The predicted molar refractivity (Wildman–Crippen MR) is 201 cm³/mol. The number of hydrogen-bond acceptors (Lipinski definition) is 13. The summed E-state index contributed by atoms with van der Waals surface area (Å²) in [4.78, 5) is 70.1. The van der Waals surface area contributed by atoms with Crippen LogP contribution in [-0.4, -0.2) is 69.7 Å². The Labute approximate surface area is 316 Å². The number of anilines is 1. The summed E-state index contributed by atoms with van der Waals surface area (Å²) in [7, 11) is 0. The van der Waals surface area contributed by atoms with Gasteiger partial charge >= 0.3 is 11.9 Å². The monoisotopic (exact) mass is 752 g/mol. The highest BCUT2D eigenvalue weighted by Crippen LogP contribution is 2.36. The van der Waals surface area contributed by atoms with Gasteiger partial charge in [0.05, 0.1) is 47.0 Å². The number of carbonyl (C=O) groups is 5. The van der Waals surface area contributed by atoms with Crippen molar-refractivity contribution in [1.29, 1.82) is 0 Å². The Bertz CT molecular complexity index is 2250. The van der Waals surface area contributed by atoms with E-state index in [0.29, 0.717) is 45.2 Å². The van der Waals surface area contributed by atoms with E-state index in [9.17, 15) is 29.1 Å². The van der Waals surface area contributed by atoms with Gasteiger partial charge in [0.2, 0.25) is 19.5 Å². The molecule has 2 aliphatic heterocycles. The maximum absolute atomic E-state index is 11.9. The molecule has 0 spiro atoms. The Balaban J connectivity index is 0.000000189. The first-order valence-corrected chi connectivity index (χ1v) is 16.5. The zero-order chi connectivity index (χ0) is 39.0. The number of rotatable bonds is 7. The molecule has 0 saturated heterocycles. The minimum Gasteiger partial charge on any atom is -0.478 e. The molecule has 55 heavy (non-hydrogen) atoms. The normalized spacial score (nSPS) is 11.8. The van der Waals surface area contributed by atoms with Crippen molar-refractivity contribution >= 4 is 46.0 Å². The summed E-state index contributed by atoms with van der Waals surface area (Å²) in [6.45, 7) is 8.91. The van der Waals surface area contributed by atoms with E-state index in [0.717, 1.165) is 5.56 Å². The van der Waals surface area contributed by atoms with Gasteiger partial charge in [-0.05, 0) is 68.4 Å². The van der Waals surface area contributed by atoms with E-state index in [1.54, 1.807) is 82.6 Å². The minimum absolute atomic E-state index is 0. The first-order chi connectivity index (χ1) is 25.8.